The van der Waals surface area contributed by atoms with Gasteiger partial charge in [0, 0.05) is 18.2 Å². The number of carbonyl (C=O) groups excluding carboxylic acids is 2. The molecule has 0 spiro atoms. The second kappa shape index (κ2) is 6.59. The number of fused-ring (bicyclic) bond motifs is 1. The van der Waals surface area contributed by atoms with E-state index in [4.69, 9.17) is 4.74 Å². The third-order valence-corrected chi connectivity index (χ3v) is 4.58. The number of rotatable bonds is 5. The predicted molar refractivity (Wildman–Crippen MR) is 95.8 cm³/mol. The van der Waals surface area contributed by atoms with Crippen molar-refractivity contribution in [3.8, 4) is 5.75 Å². The summed E-state index contributed by atoms with van der Waals surface area (Å²) in [4.78, 5) is 26.1. The summed E-state index contributed by atoms with van der Waals surface area (Å²) in [6.07, 6.45) is 2.69. The standard InChI is InChI=1S/C20H20N2O3/c23-19-13-25-18-9-8-16(21-20(24)15-6-7-15)12-17(18)22(19)11-10-14-4-2-1-3-5-14/h1-5,8-9,12,15H,6-7,10-11,13H2,(H,21,24). The molecule has 0 atom stereocenters. The topological polar surface area (TPSA) is 58.6 Å². The summed E-state index contributed by atoms with van der Waals surface area (Å²) in [5.41, 5.74) is 2.61. The molecular weight excluding hydrogens is 316 g/mol. The molecule has 5 nitrogen and oxygen atoms in total. The lowest BCUT2D eigenvalue weighted by molar-refractivity contribution is -0.121. The minimum absolute atomic E-state index is 0.0512. The largest absolute Gasteiger partial charge is 0.482 e. The fraction of sp³-hybridized carbons (Fsp3) is 0.300. The highest BCUT2D eigenvalue weighted by molar-refractivity contribution is 6.00. The third-order valence-electron chi connectivity index (χ3n) is 4.58. The molecule has 1 aliphatic heterocycles. The summed E-state index contributed by atoms with van der Waals surface area (Å²) in [6.45, 7) is 0.634. The summed E-state index contributed by atoms with van der Waals surface area (Å²) >= 11 is 0. The van der Waals surface area contributed by atoms with E-state index in [9.17, 15) is 9.59 Å². The molecule has 0 saturated heterocycles. The second-order valence-electron chi connectivity index (χ2n) is 6.52. The summed E-state index contributed by atoms with van der Waals surface area (Å²) in [5, 5.41) is 2.93. The van der Waals surface area contributed by atoms with Gasteiger partial charge in [-0.25, -0.2) is 0 Å². The molecule has 2 aromatic carbocycles. The van der Waals surface area contributed by atoms with E-state index in [1.165, 1.54) is 5.56 Å². The summed E-state index contributed by atoms with van der Waals surface area (Å²) < 4.78 is 5.53. The lowest BCUT2D eigenvalue weighted by Crippen LogP contribution is -2.40. The Morgan fingerprint density at radius 3 is 2.72 bits per heavy atom. The Balaban J connectivity index is 1.53. The van der Waals surface area contributed by atoms with Crippen molar-refractivity contribution in [3.05, 3.63) is 54.1 Å². The number of hydrogen-bond acceptors (Lipinski definition) is 3. The average Bonchev–Trinajstić information content (AvgIpc) is 3.47. The van der Waals surface area contributed by atoms with E-state index < -0.39 is 0 Å². The van der Waals surface area contributed by atoms with Crippen LogP contribution < -0.4 is 15.0 Å². The Hall–Kier alpha value is -2.82. The summed E-state index contributed by atoms with van der Waals surface area (Å²) in [6, 6.07) is 15.6. The second-order valence-corrected chi connectivity index (χ2v) is 6.52. The molecule has 4 rings (SSSR count). The monoisotopic (exact) mass is 336 g/mol. The Bertz CT molecular complexity index is 800. The maximum atomic E-state index is 12.3. The average molecular weight is 336 g/mol. The number of benzene rings is 2. The number of anilines is 2. The van der Waals surface area contributed by atoms with Crippen molar-refractivity contribution >= 4 is 23.2 Å². The van der Waals surface area contributed by atoms with Crippen LogP contribution in [0.4, 0.5) is 11.4 Å². The van der Waals surface area contributed by atoms with Crippen LogP contribution in [-0.4, -0.2) is 25.0 Å². The van der Waals surface area contributed by atoms with Crippen molar-refractivity contribution in [2.24, 2.45) is 5.92 Å². The number of nitrogens with one attached hydrogen (secondary N) is 1. The number of carbonyl (C=O) groups is 2. The van der Waals surface area contributed by atoms with E-state index in [1.807, 2.05) is 36.4 Å². The van der Waals surface area contributed by atoms with Gasteiger partial charge in [0.05, 0.1) is 5.69 Å². The van der Waals surface area contributed by atoms with Crippen LogP contribution in [0.2, 0.25) is 0 Å². The number of amides is 2. The summed E-state index contributed by atoms with van der Waals surface area (Å²) in [5.74, 6) is 0.813. The normalized spacial score (nSPS) is 16.2. The van der Waals surface area contributed by atoms with Crippen LogP contribution in [0.25, 0.3) is 0 Å². The zero-order valence-electron chi connectivity index (χ0n) is 13.9. The molecule has 2 amide bonds. The van der Waals surface area contributed by atoms with Gasteiger partial charge in [-0.1, -0.05) is 30.3 Å². The molecule has 0 unspecified atom stereocenters. The van der Waals surface area contributed by atoms with Crippen molar-refractivity contribution in [2.45, 2.75) is 19.3 Å². The number of hydrogen-bond donors (Lipinski definition) is 1. The van der Waals surface area contributed by atoms with Gasteiger partial charge in [0.15, 0.2) is 6.61 Å². The molecule has 2 aliphatic rings. The molecule has 1 heterocycles. The first-order valence-corrected chi connectivity index (χ1v) is 8.63. The van der Waals surface area contributed by atoms with Crippen LogP contribution in [0.1, 0.15) is 18.4 Å². The molecule has 25 heavy (non-hydrogen) atoms. The van der Waals surface area contributed by atoms with Gasteiger partial charge < -0.3 is 15.0 Å². The van der Waals surface area contributed by atoms with Crippen LogP contribution in [0.5, 0.6) is 5.75 Å². The van der Waals surface area contributed by atoms with Gasteiger partial charge in [0.2, 0.25) is 5.91 Å². The highest BCUT2D eigenvalue weighted by atomic mass is 16.5. The van der Waals surface area contributed by atoms with Gasteiger partial charge in [0.25, 0.3) is 5.91 Å². The Morgan fingerprint density at radius 1 is 1.16 bits per heavy atom. The quantitative estimate of drug-likeness (QED) is 0.913. The molecule has 128 valence electrons. The van der Waals surface area contributed by atoms with Crippen molar-refractivity contribution in [1.82, 2.24) is 0 Å². The minimum atomic E-state index is -0.0610. The van der Waals surface area contributed by atoms with E-state index >= 15 is 0 Å². The third kappa shape index (κ3) is 3.50. The fourth-order valence-corrected chi connectivity index (χ4v) is 3.00. The zero-order valence-corrected chi connectivity index (χ0v) is 13.9. The molecule has 0 aromatic heterocycles. The first-order chi connectivity index (χ1) is 12.2. The van der Waals surface area contributed by atoms with Gasteiger partial charge in [-0.2, -0.15) is 0 Å². The van der Waals surface area contributed by atoms with Crippen LogP contribution in [0.15, 0.2) is 48.5 Å². The molecule has 1 aliphatic carbocycles. The first kappa shape index (κ1) is 15.7. The zero-order chi connectivity index (χ0) is 17.2. The number of ether oxygens (including phenoxy) is 1. The molecule has 2 aromatic rings. The van der Waals surface area contributed by atoms with E-state index in [2.05, 4.69) is 17.4 Å². The Labute approximate surface area is 146 Å². The fourth-order valence-electron chi connectivity index (χ4n) is 3.00. The lowest BCUT2D eigenvalue weighted by Gasteiger charge is -2.30. The smallest absolute Gasteiger partial charge is 0.265 e. The Morgan fingerprint density at radius 2 is 1.96 bits per heavy atom. The van der Waals surface area contributed by atoms with E-state index in [1.54, 1.807) is 4.90 Å². The molecule has 0 bridgehead atoms. The van der Waals surface area contributed by atoms with Crippen LogP contribution in [0.3, 0.4) is 0 Å². The lowest BCUT2D eigenvalue weighted by atomic mass is 10.1. The number of nitrogens with zero attached hydrogens (tertiary/aromatic N) is 1. The van der Waals surface area contributed by atoms with E-state index in [0.717, 1.165) is 24.9 Å². The molecular formula is C20H20N2O3. The van der Waals surface area contributed by atoms with E-state index in [0.29, 0.717) is 18.0 Å². The maximum Gasteiger partial charge on any atom is 0.265 e. The first-order valence-electron chi connectivity index (χ1n) is 8.63. The highest BCUT2D eigenvalue weighted by Gasteiger charge is 2.30. The molecule has 5 heteroatoms. The highest BCUT2D eigenvalue weighted by Crippen LogP contribution is 2.36. The SMILES string of the molecule is O=C(Nc1ccc2c(c1)N(CCc1ccccc1)C(=O)CO2)C1CC1. The molecule has 1 saturated carbocycles. The van der Waals surface area contributed by atoms with Crippen LogP contribution >= 0.6 is 0 Å². The van der Waals surface area contributed by atoms with E-state index in [-0.39, 0.29) is 24.3 Å². The van der Waals surface area contributed by atoms with Crippen LogP contribution in [-0.2, 0) is 16.0 Å². The predicted octanol–water partition coefficient (Wildman–Crippen LogP) is 3.00. The Kier molecular flexibility index (Phi) is 4.14. The maximum absolute atomic E-state index is 12.3. The van der Waals surface area contributed by atoms with Crippen molar-refractivity contribution in [1.29, 1.82) is 0 Å². The van der Waals surface area contributed by atoms with Crippen LogP contribution in [0, 0.1) is 5.92 Å². The van der Waals surface area contributed by atoms with Crippen molar-refractivity contribution in [3.63, 3.8) is 0 Å². The van der Waals surface area contributed by atoms with Gasteiger partial charge in [-0.05, 0) is 43.0 Å². The van der Waals surface area contributed by atoms with Gasteiger partial charge in [-0.3, -0.25) is 9.59 Å². The molecule has 0 radical (unpaired) electrons. The minimum Gasteiger partial charge on any atom is -0.482 e. The van der Waals surface area contributed by atoms with Gasteiger partial charge in [0.1, 0.15) is 5.75 Å². The molecule has 1 N–H and O–H groups in total. The summed E-state index contributed by atoms with van der Waals surface area (Å²) in [7, 11) is 0. The van der Waals surface area contributed by atoms with Crippen molar-refractivity contribution in [2.75, 3.05) is 23.4 Å². The van der Waals surface area contributed by atoms with Crippen molar-refractivity contribution < 1.29 is 14.3 Å². The van der Waals surface area contributed by atoms with Gasteiger partial charge in [-0.15, -0.1) is 0 Å². The molecule has 1 fully saturated rings. The van der Waals surface area contributed by atoms with Gasteiger partial charge >= 0.3 is 0 Å².